The van der Waals surface area contributed by atoms with Gasteiger partial charge in [0.1, 0.15) is 11.6 Å². The molecule has 0 radical (unpaired) electrons. The van der Waals surface area contributed by atoms with Crippen LogP contribution in [0, 0.1) is 12.7 Å². The van der Waals surface area contributed by atoms with Gasteiger partial charge in [-0.2, -0.15) is 4.98 Å². The number of aryl methyl sites for hydroxylation is 1. The lowest BCUT2D eigenvalue weighted by atomic mass is 10.2. The fourth-order valence-electron chi connectivity index (χ4n) is 2.04. The van der Waals surface area contributed by atoms with Crippen LogP contribution in [0.25, 0.3) is 11.4 Å². The van der Waals surface area contributed by atoms with Gasteiger partial charge in [-0.1, -0.05) is 10.3 Å². The zero-order valence-corrected chi connectivity index (χ0v) is 15.5. The number of benzene rings is 1. The largest absolute Gasteiger partial charge is 0.455 e. The SMILES string of the molecule is Cc1cc(NC(=O)CSCC(=O)OCc2nc(-c3ccc(F)cc3)no2)no1. The van der Waals surface area contributed by atoms with E-state index in [0.29, 0.717) is 17.1 Å². The molecule has 1 N–H and O–H groups in total. The monoisotopic (exact) mass is 406 g/mol. The maximum Gasteiger partial charge on any atom is 0.316 e. The highest BCUT2D eigenvalue weighted by molar-refractivity contribution is 8.00. The normalized spacial score (nSPS) is 10.6. The number of hydrogen-bond donors (Lipinski definition) is 1. The summed E-state index contributed by atoms with van der Waals surface area (Å²) in [6.45, 7) is 1.51. The summed E-state index contributed by atoms with van der Waals surface area (Å²) in [5.41, 5.74) is 0.576. The number of anilines is 1. The zero-order chi connectivity index (χ0) is 19.9. The number of amides is 1. The Kier molecular flexibility index (Phi) is 6.37. The van der Waals surface area contributed by atoms with E-state index in [-0.39, 0.29) is 41.6 Å². The van der Waals surface area contributed by atoms with Gasteiger partial charge in [0.05, 0.1) is 11.5 Å². The molecule has 0 atom stereocenters. The van der Waals surface area contributed by atoms with Crippen molar-refractivity contribution in [1.82, 2.24) is 15.3 Å². The molecule has 0 aliphatic carbocycles. The van der Waals surface area contributed by atoms with Gasteiger partial charge in [0.25, 0.3) is 5.89 Å². The number of aromatic nitrogens is 3. The molecule has 0 saturated carbocycles. The molecule has 0 saturated heterocycles. The molecule has 0 aliphatic heterocycles. The van der Waals surface area contributed by atoms with Crippen molar-refractivity contribution in [2.24, 2.45) is 0 Å². The number of esters is 1. The molecule has 0 spiro atoms. The smallest absolute Gasteiger partial charge is 0.316 e. The molecule has 0 fully saturated rings. The number of rotatable bonds is 8. The van der Waals surface area contributed by atoms with Crippen molar-refractivity contribution < 1.29 is 27.8 Å². The first kappa shape index (κ1) is 19.5. The van der Waals surface area contributed by atoms with Gasteiger partial charge < -0.3 is 19.1 Å². The maximum atomic E-state index is 12.9. The molecule has 1 amide bonds. The molecular formula is C17H15FN4O5S. The summed E-state index contributed by atoms with van der Waals surface area (Å²) in [6, 6.07) is 7.17. The van der Waals surface area contributed by atoms with Crippen molar-refractivity contribution >= 4 is 29.5 Å². The van der Waals surface area contributed by atoms with Crippen LogP contribution < -0.4 is 5.32 Å². The van der Waals surface area contributed by atoms with Crippen LogP contribution in [0.1, 0.15) is 11.7 Å². The second-order valence-electron chi connectivity index (χ2n) is 5.54. The van der Waals surface area contributed by atoms with Crippen LogP contribution in [0.4, 0.5) is 10.2 Å². The fourth-order valence-corrected chi connectivity index (χ4v) is 2.65. The molecule has 11 heteroatoms. The number of nitrogens with one attached hydrogen (secondary N) is 1. The van der Waals surface area contributed by atoms with Gasteiger partial charge in [-0.05, 0) is 31.2 Å². The van der Waals surface area contributed by atoms with Crippen LogP contribution in [0.15, 0.2) is 39.4 Å². The van der Waals surface area contributed by atoms with E-state index in [0.717, 1.165) is 11.8 Å². The second-order valence-corrected chi connectivity index (χ2v) is 6.53. The van der Waals surface area contributed by atoms with E-state index in [1.54, 1.807) is 13.0 Å². The predicted molar refractivity (Wildman–Crippen MR) is 96.7 cm³/mol. The molecule has 2 aromatic heterocycles. The van der Waals surface area contributed by atoms with Gasteiger partial charge in [-0.25, -0.2) is 4.39 Å². The molecule has 0 unspecified atom stereocenters. The molecule has 9 nitrogen and oxygen atoms in total. The number of carbonyl (C=O) groups is 2. The van der Waals surface area contributed by atoms with Crippen LogP contribution in [-0.2, 0) is 20.9 Å². The average molecular weight is 406 g/mol. The van der Waals surface area contributed by atoms with Gasteiger partial charge in [0.2, 0.25) is 11.7 Å². The number of carbonyl (C=O) groups excluding carboxylic acids is 2. The van der Waals surface area contributed by atoms with Crippen LogP contribution in [0.3, 0.4) is 0 Å². The van der Waals surface area contributed by atoms with Gasteiger partial charge in [-0.3, -0.25) is 9.59 Å². The molecule has 146 valence electrons. The lowest BCUT2D eigenvalue weighted by Crippen LogP contribution is -2.16. The minimum absolute atomic E-state index is 0.0236. The van der Waals surface area contributed by atoms with E-state index < -0.39 is 5.97 Å². The molecule has 1 aromatic carbocycles. The van der Waals surface area contributed by atoms with Crippen LogP contribution >= 0.6 is 11.8 Å². The zero-order valence-electron chi connectivity index (χ0n) is 14.7. The first-order valence-corrected chi connectivity index (χ1v) is 9.20. The minimum atomic E-state index is -0.531. The Morgan fingerprint density at radius 2 is 1.96 bits per heavy atom. The van der Waals surface area contributed by atoms with E-state index in [4.69, 9.17) is 13.8 Å². The first-order chi connectivity index (χ1) is 13.5. The Balaban J connectivity index is 1.37. The quantitative estimate of drug-likeness (QED) is 0.563. The van der Waals surface area contributed by atoms with Gasteiger partial charge in [0.15, 0.2) is 12.4 Å². The first-order valence-electron chi connectivity index (χ1n) is 8.04. The van der Waals surface area contributed by atoms with Crippen LogP contribution in [0.5, 0.6) is 0 Å². The average Bonchev–Trinajstić information content (AvgIpc) is 3.30. The number of hydrogen-bond acceptors (Lipinski definition) is 9. The van der Waals surface area contributed by atoms with Crippen molar-refractivity contribution in [3.63, 3.8) is 0 Å². The second kappa shape index (κ2) is 9.13. The summed E-state index contributed by atoms with van der Waals surface area (Å²) < 4.78 is 27.8. The van der Waals surface area contributed by atoms with E-state index in [2.05, 4.69) is 20.6 Å². The summed E-state index contributed by atoms with van der Waals surface area (Å²) in [5, 5.41) is 9.93. The predicted octanol–water partition coefficient (Wildman–Crippen LogP) is 2.59. The van der Waals surface area contributed by atoms with Gasteiger partial charge in [0, 0.05) is 11.6 Å². The highest BCUT2D eigenvalue weighted by Gasteiger charge is 2.12. The summed E-state index contributed by atoms with van der Waals surface area (Å²) in [5.74, 6) is 0.0824. The van der Waals surface area contributed by atoms with Crippen molar-refractivity contribution in [2.75, 3.05) is 16.8 Å². The van der Waals surface area contributed by atoms with Gasteiger partial charge >= 0.3 is 5.97 Å². The van der Waals surface area contributed by atoms with Crippen molar-refractivity contribution in [2.45, 2.75) is 13.5 Å². The highest BCUT2D eigenvalue weighted by atomic mass is 32.2. The Labute approximate surface area is 162 Å². The Morgan fingerprint density at radius 1 is 1.18 bits per heavy atom. The molecule has 3 aromatic rings. The maximum absolute atomic E-state index is 12.9. The van der Waals surface area contributed by atoms with Crippen molar-refractivity contribution in [3.8, 4) is 11.4 Å². The lowest BCUT2D eigenvalue weighted by Gasteiger charge is -2.02. The standard InChI is InChI=1S/C17H15FN4O5S/c1-10-6-13(21-26-10)19-14(23)8-28-9-16(24)25-7-15-20-17(22-27-15)11-2-4-12(18)5-3-11/h2-6H,7-9H2,1H3,(H,19,21,23). The molecule has 0 aliphatic rings. The van der Waals surface area contributed by atoms with Gasteiger partial charge in [-0.15, -0.1) is 11.8 Å². The molecule has 0 bridgehead atoms. The third kappa shape index (κ3) is 5.64. The van der Waals surface area contributed by atoms with E-state index in [1.165, 1.54) is 24.3 Å². The van der Waals surface area contributed by atoms with E-state index >= 15 is 0 Å². The topological polar surface area (TPSA) is 120 Å². The molecule has 28 heavy (non-hydrogen) atoms. The number of nitrogens with zero attached hydrogens (tertiary/aromatic N) is 3. The Hall–Kier alpha value is -3.21. The summed E-state index contributed by atoms with van der Waals surface area (Å²) >= 11 is 1.09. The van der Waals surface area contributed by atoms with Crippen molar-refractivity contribution in [3.05, 3.63) is 47.8 Å². The fraction of sp³-hybridized carbons (Fsp3) is 0.235. The van der Waals surface area contributed by atoms with Crippen LogP contribution in [-0.4, -0.2) is 38.7 Å². The third-order valence-electron chi connectivity index (χ3n) is 3.28. The molecular weight excluding hydrogens is 391 g/mol. The highest BCUT2D eigenvalue weighted by Crippen LogP contribution is 2.16. The number of halogens is 1. The third-order valence-corrected chi connectivity index (χ3v) is 4.18. The summed E-state index contributed by atoms with van der Waals surface area (Å²) in [4.78, 5) is 27.5. The Bertz CT molecular complexity index is 957. The van der Waals surface area contributed by atoms with E-state index in [1.807, 2.05) is 0 Å². The minimum Gasteiger partial charge on any atom is -0.455 e. The van der Waals surface area contributed by atoms with Crippen molar-refractivity contribution in [1.29, 1.82) is 0 Å². The summed E-state index contributed by atoms with van der Waals surface area (Å²) in [7, 11) is 0. The number of ether oxygens (including phenoxy) is 1. The number of thioether (sulfide) groups is 1. The molecule has 2 heterocycles. The lowest BCUT2D eigenvalue weighted by molar-refractivity contribution is -0.142. The molecule has 3 rings (SSSR count). The Morgan fingerprint density at radius 3 is 2.68 bits per heavy atom. The summed E-state index contributed by atoms with van der Waals surface area (Å²) in [6.07, 6.45) is 0. The van der Waals surface area contributed by atoms with E-state index in [9.17, 15) is 14.0 Å². The van der Waals surface area contributed by atoms with Crippen LogP contribution in [0.2, 0.25) is 0 Å².